The van der Waals surface area contributed by atoms with E-state index in [9.17, 15) is 14.4 Å². The van der Waals surface area contributed by atoms with Gasteiger partial charge >= 0.3 is 5.69 Å². The number of anilines is 2. The summed E-state index contributed by atoms with van der Waals surface area (Å²) in [6.45, 7) is 2.02. The number of aromatic nitrogens is 3. The lowest BCUT2D eigenvalue weighted by molar-refractivity contribution is 0.0988. The van der Waals surface area contributed by atoms with Gasteiger partial charge in [-0.25, -0.2) is 9.78 Å². The van der Waals surface area contributed by atoms with Crippen LogP contribution >= 0.6 is 11.6 Å². The Morgan fingerprint density at radius 1 is 1.25 bits per heavy atom. The van der Waals surface area contributed by atoms with E-state index in [0.29, 0.717) is 0 Å². The summed E-state index contributed by atoms with van der Waals surface area (Å²) in [5.41, 5.74) is 5.77. The SMILES string of the molecule is CCN(C(=O)c1ccnc(Cl)c1)c1c(N)n(Cc2ccccc2)c(=O)[nH]c1=O. The summed E-state index contributed by atoms with van der Waals surface area (Å²) >= 11 is 5.86. The highest BCUT2D eigenvalue weighted by Gasteiger charge is 2.24. The van der Waals surface area contributed by atoms with Crippen molar-refractivity contribution in [1.29, 1.82) is 0 Å². The number of nitrogens with zero attached hydrogens (tertiary/aromatic N) is 3. The number of carbonyl (C=O) groups is 1. The first-order valence-corrected chi connectivity index (χ1v) is 8.90. The molecule has 0 spiro atoms. The van der Waals surface area contributed by atoms with Gasteiger partial charge in [0.15, 0.2) is 5.69 Å². The van der Waals surface area contributed by atoms with E-state index in [1.165, 1.54) is 27.8 Å². The predicted molar refractivity (Wildman–Crippen MR) is 108 cm³/mol. The average Bonchev–Trinajstić information content (AvgIpc) is 2.68. The molecule has 28 heavy (non-hydrogen) atoms. The molecule has 0 radical (unpaired) electrons. The van der Waals surface area contributed by atoms with Gasteiger partial charge in [0.2, 0.25) is 0 Å². The van der Waals surface area contributed by atoms with Crippen molar-refractivity contribution in [2.45, 2.75) is 13.5 Å². The molecule has 0 aliphatic rings. The van der Waals surface area contributed by atoms with E-state index in [-0.39, 0.29) is 35.3 Å². The van der Waals surface area contributed by atoms with E-state index in [2.05, 4.69) is 9.97 Å². The molecule has 8 nitrogen and oxygen atoms in total. The first-order chi connectivity index (χ1) is 13.4. The first kappa shape index (κ1) is 19.4. The Morgan fingerprint density at radius 3 is 2.61 bits per heavy atom. The van der Waals surface area contributed by atoms with Crippen molar-refractivity contribution in [3.05, 3.63) is 85.8 Å². The highest BCUT2D eigenvalue weighted by molar-refractivity contribution is 6.29. The molecule has 2 aromatic heterocycles. The zero-order valence-electron chi connectivity index (χ0n) is 15.1. The van der Waals surface area contributed by atoms with Crippen LogP contribution in [-0.4, -0.2) is 27.0 Å². The summed E-state index contributed by atoms with van der Waals surface area (Å²) in [5.74, 6) is -0.568. The molecule has 1 amide bonds. The molecule has 0 bridgehead atoms. The van der Waals surface area contributed by atoms with Gasteiger partial charge in [0.1, 0.15) is 11.0 Å². The lowest BCUT2D eigenvalue weighted by Gasteiger charge is -2.23. The van der Waals surface area contributed by atoms with Gasteiger partial charge < -0.3 is 10.6 Å². The van der Waals surface area contributed by atoms with Crippen molar-refractivity contribution in [1.82, 2.24) is 14.5 Å². The summed E-state index contributed by atoms with van der Waals surface area (Å²) < 4.78 is 1.22. The zero-order valence-corrected chi connectivity index (χ0v) is 15.8. The average molecular weight is 400 g/mol. The lowest BCUT2D eigenvalue weighted by Crippen LogP contribution is -2.41. The van der Waals surface area contributed by atoms with Crippen LogP contribution in [0.2, 0.25) is 5.15 Å². The number of halogens is 1. The molecule has 9 heteroatoms. The van der Waals surface area contributed by atoms with Crippen LogP contribution in [0.3, 0.4) is 0 Å². The van der Waals surface area contributed by atoms with E-state index >= 15 is 0 Å². The number of hydrogen-bond acceptors (Lipinski definition) is 5. The minimum Gasteiger partial charge on any atom is -0.383 e. The fraction of sp³-hybridized carbons (Fsp3) is 0.158. The summed E-state index contributed by atoms with van der Waals surface area (Å²) in [4.78, 5) is 45.0. The molecule has 3 aromatic rings. The summed E-state index contributed by atoms with van der Waals surface area (Å²) in [6.07, 6.45) is 1.40. The molecule has 0 saturated carbocycles. The number of amides is 1. The van der Waals surface area contributed by atoms with Crippen molar-refractivity contribution in [3.8, 4) is 0 Å². The molecule has 2 heterocycles. The molecule has 144 valence electrons. The standard InChI is InChI=1S/C19H18ClN5O3/c1-2-24(18(27)13-8-9-22-14(20)10-13)15-16(21)25(19(28)23-17(15)26)11-12-6-4-3-5-7-12/h3-10H,2,11,21H2,1H3,(H,23,26,28). The van der Waals surface area contributed by atoms with Crippen LogP contribution in [0.1, 0.15) is 22.8 Å². The molecule has 3 N–H and O–H groups in total. The second-order valence-corrected chi connectivity index (χ2v) is 6.37. The Morgan fingerprint density at radius 2 is 1.96 bits per heavy atom. The molecular weight excluding hydrogens is 382 g/mol. The Labute approximate surface area is 165 Å². The van der Waals surface area contributed by atoms with Gasteiger partial charge in [-0.05, 0) is 24.6 Å². The Kier molecular flexibility index (Phi) is 5.60. The maximum absolute atomic E-state index is 12.9. The van der Waals surface area contributed by atoms with Crippen LogP contribution in [-0.2, 0) is 6.54 Å². The molecule has 0 saturated heterocycles. The molecular formula is C19H18ClN5O3. The highest BCUT2D eigenvalue weighted by atomic mass is 35.5. The van der Waals surface area contributed by atoms with Gasteiger partial charge in [0.05, 0.1) is 6.54 Å². The number of rotatable bonds is 5. The fourth-order valence-electron chi connectivity index (χ4n) is 2.86. The van der Waals surface area contributed by atoms with E-state index < -0.39 is 17.2 Å². The van der Waals surface area contributed by atoms with Crippen molar-refractivity contribution < 1.29 is 4.79 Å². The van der Waals surface area contributed by atoms with Gasteiger partial charge in [-0.3, -0.25) is 19.1 Å². The number of pyridine rings is 1. The third kappa shape index (κ3) is 3.81. The number of benzene rings is 1. The summed E-state index contributed by atoms with van der Waals surface area (Å²) in [7, 11) is 0. The van der Waals surface area contributed by atoms with Crippen LogP contribution in [0.15, 0.2) is 58.3 Å². The number of nitrogens with two attached hydrogens (primary N) is 1. The Bertz CT molecular complexity index is 1120. The molecule has 0 aliphatic heterocycles. The largest absolute Gasteiger partial charge is 0.383 e. The second-order valence-electron chi connectivity index (χ2n) is 5.98. The van der Waals surface area contributed by atoms with Crippen molar-refractivity contribution >= 4 is 29.0 Å². The van der Waals surface area contributed by atoms with Crippen LogP contribution in [0.25, 0.3) is 0 Å². The maximum Gasteiger partial charge on any atom is 0.330 e. The molecule has 0 atom stereocenters. The molecule has 0 unspecified atom stereocenters. The third-order valence-electron chi connectivity index (χ3n) is 4.20. The quantitative estimate of drug-likeness (QED) is 0.636. The van der Waals surface area contributed by atoms with Crippen LogP contribution in [0, 0.1) is 0 Å². The normalized spacial score (nSPS) is 10.6. The van der Waals surface area contributed by atoms with Crippen LogP contribution < -0.4 is 21.9 Å². The summed E-state index contributed by atoms with van der Waals surface area (Å²) in [6, 6.07) is 12.1. The summed E-state index contributed by atoms with van der Waals surface area (Å²) in [5, 5.41) is 0.151. The first-order valence-electron chi connectivity index (χ1n) is 8.52. The number of carbonyl (C=O) groups excluding carboxylic acids is 1. The molecule has 0 aliphatic carbocycles. The van der Waals surface area contributed by atoms with Gasteiger partial charge in [0.25, 0.3) is 11.5 Å². The number of nitrogens with one attached hydrogen (secondary N) is 1. The fourth-order valence-corrected chi connectivity index (χ4v) is 3.03. The Balaban J connectivity index is 2.09. The zero-order chi connectivity index (χ0) is 20.3. The van der Waals surface area contributed by atoms with Crippen molar-refractivity contribution in [3.63, 3.8) is 0 Å². The molecule has 3 rings (SSSR count). The number of H-pyrrole nitrogens is 1. The Hall–Kier alpha value is -3.39. The minimum absolute atomic E-state index is 0.0871. The highest BCUT2D eigenvalue weighted by Crippen LogP contribution is 2.20. The smallest absolute Gasteiger partial charge is 0.330 e. The van der Waals surface area contributed by atoms with Crippen molar-refractivity contribution in [2.75, 3.05) is 17.2 Å². The van der Waals surface area contributed by atoms with Gasteiger partial charge in [-0.2, -0.15) is 0 Å². The van der Waals surface area contributed by atoms with E-state index in [4.69, 9.17) is 17.3 Å². The molecule has 0 fully saturated rings. The maximum atomic E-state index is 12.9. The van der Waals surface area contributed by atoms with Gasteiger partial charge in [-0.1, -0.05) is 41.9 Å². The van der Waals surface area contributed by atoms with Gasteiger partial charge in [0, 0.05) is 18.3 Å². The monoisotopic (exact) mass is 399 g/mol. The third-order valence-corrected chi connectivity index (χ3v) is 4.41. The number of aromatic amines is 1. The predicted octanol–water partition coefficient (Wildman–Crippen LogP) is 1.88. The van der Waals surface area contributed by atoms with Crippen LogP contribution in [0.4, 0.5) is 11.5 Å². The van der Waals surface area contributed by atoms with E-state index in [0.717, 1.165) is 5.56 Å². The lowest BCUT2D eigenvalue weighted by atomic mass is 10.2. The minimum atomic E-state index is -0.734. The van der Waals surface area contributed by atoms with E-state index in [1.54, 1.807) is 6.92 Å². The van der Waals surface area contributed by atoms with Crippen molar-refractivity contribution in [2.24, 2.45) is 0 Å². The number of hydrogen-bond donors (Lipinski definition) is 2. The van der Waals surface area contributed by atoms with Gasteiger partial charge in [-0.15, -0.1) is 0 Å². The van der Waals surface area contributed by atoms with Crippen LogP contribution in [0.5, 0.6) is 0 Å². The second kappa shape index (κ2) is 8.10. The van der Waals surface area contributed by atoms with E-state index in [1.807, 2.05) is 30.3 Å². The topological polar surface area (TPSA) is 114 Å². The molecule has 1 aromatic carbocycles. The number of nitrogen functional groups attached to an aromatic ring is 1.